The van der Waals surface area contributed by atoms with Crippen molar-refractivity contribution in [2.45, 2.75) is 18.8 Å². The summed E-state index contributed by atoms with van der Waals surface area (Å²) in [4.78, 5) is 2.26. The van der Waals surface area contributed by atoms with Crippen LogP contribution >= 0.6 is 11.7 Å². The van der Waals surface area contributed by atoms with E-state index in [0.717, 1.165) is 43.2 Å². The molecule has 0 saturated carbocycles. The number of nitrogens with zero attached hydrogens (tertiary/aromatic N) is 7. The van der Waals surface area contributed by atoms with Crippen LogP contribution in [0.4, 0.5) is 5.82 Å². The van der Waals surface area contributed by atoms with Gasteiger partial charge in [-0.15, -0.1) is 15.3 Å². The number of fused-ring (bicyclic) bond motifs is 1. The van der Waals surface area contributed by atoms with Gasteiger partial charge < -0.3 is 9.64 Å². The highest BCUT2D eigenvalue weighted by atomic mass is 32.1. The smallest absolute Gasteiger partial charge is 0.231 e. The summed E-state index contributed by atoms with van der Waals surface area (Å²) < 4.78 is 15.3. The molecule has 0 bridgehead atoms. The fourth-order valence-corrected chi connectivity index (χ4v) is 3.25. The minimum absolute atomic E-state index is 0.345. The van der Waals surface area contributed by atoms with Crippen LogP contribution in [0.3, 0.4) is 0 Å². The van der Waals surface area contributed by atoms with Gasteiger partial charge in [0.1, 0.15) is 0 Å². The lowest BCUT2D eigenvalue weighted by Crippen LogP contribution is -2.33. The van der Waals surface area contributed by atoms with E-state index in [-0.39, 0.29) is 0 Å². The molecule has 8 nitrogen and oxygen atoms in total. The van der Waals surface area contributed by atoms with Gasteiger partial charge in [-0.2, -0.15) is 13.3 Å². The van der Waals surface area contributed by atoms with Crippen molar-refractivity contribution in [2.75, 3.05) is 25.1 Å². The van der Waals surface area contributed by atoms with Gasteiger partial charge in [0.05, 0.1) is 25.0 Å². The van der Waals surface area contributed by atoms with Crippen LogP contribution in [0, 0.1) is 0 Å². The fraction of sp³-hybridized carbons (Fsp3) is 0.462. The molecular formula is C13H15N7OS. The standard InChI is InChI=1S/C13H15N7OS/c1-21-12-3-2-10-15-16-13(20(10)17-12)9-4-6-19(7-5-9)11-8-14-22-18-11/h2-3,8-9H,4-7H2,1H3. The van der Waals surface area contributed by atoms with E-state index in [4.69, 9.17) is 4.74 Å². The van der Waals surface area contributed by atoms with Gasteiger partial charge in [-0.05, 0) is 18.9 Å². The number of ether oxygens (including phenoxy) is 1. The summed E-state index contributed by atoms with van der Waals surface area (Å²) >= 11 is 1.25. The second-order valence-electron chi connectivity index (χ2n) is 5.23. The van der Waals surface area contributed by atoms with Crippen LogP contribution in [-0.4, -0.2) is 48.8 Å². The molecule has 3 aromatic heterocycles. The maximum atomic E-state index is 5.19. The first-order chi connectivity index (χ1) is 10.8. The van der Waals surface area contributed by atoms with Crippen molar-refractivity contribution in [3.05, 3.63) is 24.2 Å². The molecule has 0 aliphatic carbocycles. The highest BCUT2D eigenvalue weighted by molar-refractivity contribution is 6.99. The maximum Gasteiger partial charge on any atom is 0.231 e. The summed E-state index contributed by atoms with van der Waals surface area (Å²) in [5, 5.41) is 13.0. The second-order valence-corrected chi connectivity index (χ2v) is 5.79. The SMILES string of the molecule is COc1ccc2nnc(C3CCN(c4cnsn4)CC3)n2n1. The maximum absolute atomic E-state index is 5.19. The van der Waals surface area contributed by atoms with E-state index in [1.165, 1.54) is 11.7 Å². The van der Waals surface area contributed by atoms with Gasteiger partial charge in [-0.1, -0.05) is 0 Å². The molecule has 0 amide bonds. The van der Waals surface area contributed by atoms with Gasteiger partial charge in [0, 0.05) is 25.1 Å². The Balaban J connectivity index is 1.56. The van der Waals surface area contributed by atoms with Crippen molar-refractivity contribution in [3.8, 4) is 5.88 Å². The summed E-state index contributed by atoms with van der Waals surface area (Å²) in [6.07, 6.45) is 3.82. The molecule has 4 heterocycles. The average Bonchev–Trinajstić information content (AvgIpc) is 3.24. The van der Waals surface area contributed by atoms with Gasteiger partial charge in [0.15, 0.2) is 17.3 Å². The number of anilines is 1. The third kappa shape index (κ3) is 2.27. The summed E-state index contributed by atoms with van der Waals surface area (Å²) in [5.41, 5.74) is 0.752. The normalized spacial score (nSPS) is 16.3. The van der Waals surface area contributed by atoms with Crippen molar-refractivity contribution in [3.63, 3.8) is 0 Å². The number of hydrogen-bond donors (Lipinski definition) is 0. The van der Waals surface area contributed by atoms with Crippen LogP contribution in [0.25, 0.3) is 5.65 Å². The van der Waals surface area contributed by atoms with E-state index >= 15 is 0 Å². The largest absolute Gasteiger partial charge is 0.480 e. The first-order valence-corrected chi connectivity index (χ1v) is 7.87. The molecule has 114 valence electrons. The first-order valence-electron chi connectivity index (χ1n) is 7.14. The number of aromatic nitrogens is 6. The predicted octanol–water partition coefficient (Wildman–Crippen LogP) is 1.37. The van der Waals surface area contributed by atoms with Gasteiger partial charge in [0.2, 0.25) is 5.88 Å². The third-order valence-corrected chi connectivity index (χ3v) is 4.47. The van der Waals surface area contributed by atoms with Crippen molar-refractivity contribution >= 4 is 23.2 Å². The molecule has 4 rings (SSSR count). The zero-order valence-corrected chi connectivity index (χ0v) is 12.9. The van der Waals surface area contributed by atoms with Crippen LogP contribution in [0.5, 0.6) is 5.88 Å². The van der Waals surface area contributed by atoms with Gasteiger partial charge in [-0.25, -0.2) is 0 Å². The Morgan fingerprint density at radius 1 is 1.23 bits per heavy atom. The Morgan fingerprint density at radius 3 is 2.82 bits per heavy atom. The molecule has 0 unspecified atom stereocenters. The lowest BCUT2D eigenvalue weighted by molar-refractivity contribution is 0.387. The Morgan fingerprint density at radius 2 is 2.09 bits per heavy atom. The van der Waals surface area contributed by atoms with E-state index < -0.39 is 0 Å². The molecule has 0 aromatic carbocycles. The molecule has 1 aliphatic rings. The van der Waals surface area contributed by atoms with E-state index in [1.54, 1.807) is 17.7 Å². The summed E-state index contributed by atoms with van der Waals surface area (Å²) in [7, 11) is 1.61. The van der Waals surface area contributed by atoms with Gasteiger partial charge in [-0.3, -0.25) is 0 Å². The molecule has 1 saturated heterocycles. The number of rotatable bonds is 3. The van der Waals surface area contributed by atoms with Crippen LogP contribution in [0.15, 0.2) is 18.3 Å². The first kappa shape index (κ1) is 13.4. The van der Waals surface area contributed by atoms with E-state index in [9.17, 15) is 0 Å². The third-order valence-electron chi connectivity index (χ3n) is 4.01. The molecule has 22 heavy (non-hydrogen) atoms. The summed E-state index contributed by atoms with van der Waals surface area (Å²) in [6, 6.07) is 3.67. The van der Waals surface area contributed by atoms with E-state index in [0.29, 0.717) is 11.8 Å². The monoisotopic (exact) mass is 317 g/mol. The molecule has 0 atom stereocenters. The van der Waals surface area contributed by atoms with Crippen molar-refractivity contribution < 1.29 is 4.74 Å². The Bertz CT molecular complexity index is 764. The Kier molecular flexibility index (Phi) is 3.34. The van der Waals surface area contributed by atoms with Gasteiger partial charge >= 0.3 is 0 Å². The van der Waals surface area contributed by atoms with Crippen LogP contribution in [-0.2, 0) is 0 Å². The van der Waals surface area contributed by atoms with Crippen molar-refractivity contribution in [1.82, 2.24) is 28.6 Å². The van der Waals surface area contributed by atoms with Crippen LogP contribution < -0.4 is 9.64 Å². The lowest BCUT2D eigenvalue weighted by atomic mass is 9.96. The zero-order valence-electron chi connectivity index (χ0n) is 12.1. The van der Waals surface area contributed by atoms with Crippen LogP contribution in [0.1, 0.15) is 24.6 Å². The summed E-state index contributed by atoms with van der Waals surface area (Å²) in [5.74, 6) is 2.79. The average molecular weight is 317 g/mol. The summed E-state index contributed by atoms with van der Waals surface area (Å²) in [6.45, 7) is 1.88. The highest BCUT2D eigenvalue weighted by Crippen LogP contribution is 2.29. The molecule has 9 heteroatoms. The highest BCUT2D eigenvalue weighted by Gasteiger charge is 2.26. The fourth-order valence-electron chi connectivity index (χ4n) is 2.82. The topological polar surface area (TPSA) is 81.3 Å². The van der Waals surface area contributed by atoms with Crippen molar-refractivity contribution in [1.29, 1.82) is 0 Å². The molecule has 0 spiro atoms. The molecular weight excluding hydrogens is 302 g/mol. The Labute approximate surface area is 131 Å². The minimum atomic E-state index is 0.345. The molecule has 0 N–H and O–H groups in total. The Hall–Kier alpha value is -2.29. The van der Waals surface area contributed by atoms with E-state index in [1.807, 2.05) is 12.3 Å². The second kappa shape index (κ2) is 5.48. The van der Waals surface area contributed by atoms with E-state index in [2.05, 4.69) is 28.9 Å². The lowest BCUT2D eigenvalue weighted by Gasteiger charge is -2.30. The molecule has 1 fully saturated rings. The molecule has 0 radical (unpaired) electrons. The van der Waals surface area contributed by atoms with Crippen molar-refractivity contribution in [2.24, 2.45) is 0 Å². The number of hydrogen-bond acceptors (Lipinski definition) is 8. The number of methoxy groups -OCH3 is 1. The zero-order chi connectivity index (χ0) is 14.9. The quantitative estimate of drug-likeness (QED) is 0.721. The predicted molar refractivity (Wildman–Crippen MR) is 81.4 cm³/mol. The van der Waals surface area contributed by atoms with Crippen LogP contribution in [0.2, 0.25) is 0 Å². The number of piperidine rings is 1. The molecule has 1 aliphatic heterocycles. The minimum Gasteiger partial charge on any atom is -0.480 e. The van der Waals surface area contributed by atoms with Gasteiger partial charge in [0.25, 0.3) is 0 Å². The molecule has 3 aromatic rings.